The molecule has 0 bridgehead atoms. The fourth-order valence-corrected chi connectivity index (χ4v) is 3.44. The smallest absolute Gasteiger partial charge is 0.420 e. The molecular formula is C20H18Cl2F3NO2. The average molecular weight is 432 g/mol. The second-order valence-electron chi connectivity index (χ2n) is 6.79. The number of carbonyl (C=O) groups excluding carboxylic acids is 1. The lowest BCUT2D eigenvalue weighted by molar-refractivity contribution is -0.139. The highest BCUT2D eigenvalue weighted by Crippen LogP contribution is 2.49. The van der Waals surface area contributed by atoms with Crippen LogP contribution >= 0.6 is 23.2 Å². The molecular weight excluding hydrogens is 414 g/mol. The summed E-state index contributed by atoms with van der Waals surface area (Å²) in [7, 11) is 0. The number of carbonyl (C=O) groups is 1. The van der Waals surface area contributed by atoms with Gasteiger partial charge in [-0.05, 0) is 49.6 Å². The maximum atomic E-state index is 13.5. The van der Waals surface area contributed by atoms with Crippen molar-refractivity contribution in [1.29, 1.82) is 0 Å². The number of amides is 1. The van der Waals surface area contributed by atoms with Gasteiger partial charge in [0.05, 0.1) is 5.56 Å². The van der Waals surface area contributed by atoms with Gasteiger partial charge in [-0.1, -0.05) is 36.2 Å². The highest BCUT2D eigenvalue weighted by atomic mass is 35.5. The zero-order chi connectivity index (χ0) is 20.5. The Hall–Kier alpha value is -1.92. The summed E-state index contributed by atoms with van der Waals surface area (Å²) in [5.74, 6) is -0.613. The summed E-state index contributed by atoms with van der Waals surface area (Å²) >= 11 is 12.1. The number of hydrogen-bond acceptors (Lipinski definition) is 2. The van der Waals surface area contributed by atoms with E-state index in [1.807, 2.05) is 6.92 Å². The third-order valence-corrected chi connectivity index (χ3v) is 5.70. The van der Waals surface area contributed by atoms with Crippen molar-refractivity contribution in [2.75, 3.05) is 5.32 Å². The summed E-state index contributed by atoms with van der Waals surface area (Å²) in [6.45, 7) is 1.68. The monoisotopic (exact) mass is 431 g/mol. The summed E-state index contributed by atoms with van der Waals surface area (Å²) in [6.07, 6.45) is -2.49. The molecule has 2 aromatic rings. The fraction of sp³-hybridized carbons (Fsp3) is 0.350. The molecule has 1 aliphatic carbocycles. The van der Waals surface area contributed by atoms with Crippen LogP contribution in [0.3, 0.4) is 0 Å². The van der Waals surface area contributed by atoms with E-state index in [-0.39, 0.29) is 24.0 Å². The van der Waals surface area contributed by atoms with Crippen molar-refractivity contribution in [2.24, 2.45) is 5.41 Å². The molecule has 1 saturated carbocycles. The molecule has 0 spiro atoms. The highest BCUT2D eigenvalue weighted by molar-refractivity contribution is 6.35. The van der Waals surface area contributed by atoms with E-state index in [9.17, 15) is 18.0 Å². The molecule has 1 fully saturated rings. The first kappa shape index (κ1) is 20.8. The fourth-order valence-electron chi connectivity index (χ4n) is 2.93. The molecule has 3 nitrogen and oxygen atoms in total. The molecule has 1 aliphatic rings. The van der Waals surface area contributed by atoms with Crippen molar-refractivity contribution >= 4 is 34.8 Å². The van der Waals surface area contributed by atoms with Crippen molar-refractivity contribution in [3.05, 3.63) is 57.6 Å². The topological polar surface area (TPSA) is 38.3 Å². The second-order valence-corrected chi connectivity index (χ2v) is 7.60. The Balaban J connectivity index is 1.82. The first-order valence-electron chi connectivity index (χ1n) is 8.75. The number of benzene rings is 2. The van der Waals surface area contributed by atoms with Gasteiger partial charge in [0.15, 0.2) is 0 Å². The van der Waals surface area contributed by atoms with Gasteiger partial charge in [-0.15, -0.1) is 0 Å². The van der Waals surface area contributed by atoms with Gasteiger partial charge in [-0.2, -0.15) is 13.2 Å². The van der Waals surface area contributed by atoms with Crippen molar-refractivity contribution in [1.82, 2.24) is 0 Å². The van der Waals surface area contributed by atoms with E-state index in [1.165, 1.54) is 12.1 Å². The quantitative estimate of drug-likeness (QED) is 0.550. The maximum absolute atomic E-state index is 13.5. The Morgan fingerprint density at radius 1 is 1.18 bits per heavy atom. The molecule has 0 saturated heterocycles. The first-order valence-corrected chi connectivity index (χ1v) is 9.50. The van der Waals surface area contributed by atoms with Crippen LogP contribution in [0.2, 0.25) is 10.0 Å². The van der Waals surface area contributed by atoms with E-state index in [0.29, 0.717) is 22.0 Å². The van der Waals surface area contributed by atoms with Gasteiger partial charge in [0, 0.05) is 26.7 Å². The Morgan fingerprint density at radius 2 is 1.82 bits per heavy atom. The van der Waals surface area contributed by atoms with Crippen LogP contribution in [0.1, 0.15) is 37.3 Å². The molecule has 0 radical (unpaired) electrons. The molecule has 3 rings (SSSR count). The molecule has 0 heterocycles. The largest absolute Gasteiger partial charge is 0.488 e. The van der Waals surface area contributed by atoms with Crippen molar-refractivity contribution in [3.63, 3.8) is 0 Å². The number of nitrogens with one attached hydrogen (secondary N) is 1. The molecule has 28 heavy (non-hydrogen) atoms. The van der Waals surface area contributed by atoms with Gasteiger partial charge >= 0.3 is 6.18 Å². The average Bonchev–Trinajstić information content (AvgIpc) is 3.42. The van der Waals surface area contributed by atoms with Gasteiger partial charge in [-0.25, -0.2) is 0 Å². The van der Waals surface area contributed by atoms with Gasteiger partial charge in [0.2, 0.25) is 5.91 Å². The standard InChI is InChI=1S/C20H18Cl2F3NO2/c1-2-19(8-9-19)18(27)26-12-6-7-17(14(10-12)20(23,24)25)28-11-13-15(21)4-3-5-16(13)22/h3-7,10H,2,8-9,11H2,1H3,(H,26,27). The van der Waals surface area contributed by atoms with Crippen molar-refractivity contribution < 1.29 is 22.7 Å². The Bertz CT molecular complexity index is 875. The van der Waals surface area contributed by atoms with E-state index in [2.05, 4.69) is 5.32 Å². The number of anilines is 1. The van der Waals surface area contributed by atoms with Crippen LogP contribution in [0.5, 0.6) is 5.75 Å². The minimum Gasteiger partial charge on any atom is -0.488 e. The van der Waals surface area contributed by atoms with E-state index in [4.69, 9.17) is 27.9 Å². The summed E-state index contributed by atoms with van der Waals surface area (Å²) in [6, 6.07) is 8.26. The van der Waals surface area contributed by atoms with Crippen LogP contribution in [-0.4, -0.2) is 5.91 Å². The van der Waals surface area contributed by atoms with Gasteiger partial charge in [0.25, 0.3) is 0 Å². The zero-order valence-electron chi connectivity index (χ0n) is 15.0. The Morgan fingerprint density at radius 3 is 2.36 bits per heavy atom. The zero-order valence-corrected chi connectivity index (χ0v) is 16.5. The van der Waals surface area contributed by atoms with Crippen LogP contribution in [0.15, 0.2) is 36.4 Å². The van der Waals surface area contributed by atoms with Gasteiger partial charge in [-0.3, -0.25) is 4.79 Å². The number of hydrogen-bond donors (Lipinski definition) is 1. The molecule has 0 aromatic heterocycles. The normalized spacial score (nSPS) is 15.2. The van der Waals surface area contributed by atoms with Crippen molar-refractivity contribution in [3.8, 4) is 5.75 Å². The molecule has 0 aliphatic heterocycles. The predicted octanol–water partition coefficient (Wildman–Crippen LogP) is 6.72. The Labute approximate surface area is 170 Å². The summed E-state index contributed by atoms with van der Waals surface area (Å²) in [5.41, 5.74) is -0.945. The third-order valence-electron chi connectivity index (χ3n) is 4.99. The number of halogens is 5. The summed E-state index contributed by atoms with van der Waals surface area (Å²) in [5, 5.41) is 3.20. The number of alkyl halides is 3. The maximum Gasteiger partial charge on any atom is 0.420 e. The minimum atomic E-state index is -4.65. The lowest BCUT2D eigenvalue weighted by Gasteiger charge is -2.18. The molecule has 0 unspecified atom stereocenters. The molecule has 150 valence electrons. The van der Waals surface area contributed by atoms with Crippen molar-refractivity contribution in [2.45, 2.75) is 39.0 Å². The molecule has 8 heteroatoms. The first-order chi connectivity index (χ1) is 13.2. The number of rotatable bonds is 6. The number of ether oxygens (including phenoxy) is 1. The summed E-state index contributed by atoms with van der Waals surface area (Å²) in [4.78, 5) is 12.3. The Kier molecular flexibility index (Phi) is 5.82. The second kappa shape index (κ2) is 7.84. The summed E-state index contributed by atoms with van der Waals surface area (Å²) < 4.78 is 45.9. The SMILES string of the molecule is CCC1(C(=O)Nc2ccc(OCc3c(Cl)cccc3Cl)c(C(F)(F)F)c2)CC1. The van der Waals surface area contributed by atoms with Crippen LogP contribution in [0.25, 0.3) is 0 Å². The van der Waals surface area contributed by atoms with Gasteiger partial charge in [0.1, 0.15) is 12.4 Å². The lowest BCUT2D eigenvalue weighted by Crippen LogP contribution is -2.23. The van der Waals surface area contributed by atoms with E-state index < -0.39 is 17.2 Å². The highest BCUT2D eigenvalue weighted by Gasteiger charge is 2.48. The molecule has 2 aromatic carbocycles. The van der Waals surface area contributed by atoms with Crippen LogP contribution in [0, 0.1) is 5.41 Å². The van der Waals surface area contributed by atoms with Crippen LogP contribution in [0.4, 0.5) is 18.9 Å². The van der Waals surface area contributed by atoms with Gasteiger partial charge < -0.3 is 10.1 Å². The van der Waals surface area contributed by atoms with Crippen LogP contribution in [-0.2, 0) is 17.6 Å². The molecule has 1 N–H and O–H groups in total. The van der Waals surface area contributed by atoms with Crippen LogP contribution < -0.4 is 10.1 Å². The van der Waals surface area contributed by atoms with E-state index in [0.717, 1.165) is 18.9 Å². The lowest BCUT2D eigenvalue weighted by atomic mass is 10.0. The minimum absolute atomic E-state index is 0.0835. The predicted molar refractivity (Wildman–Crippen MR) is 103 cm³/mol. The van der Waals surface area contributed by atoms with E-state index >= 15 is 0 Å². The van der Waals surface area contributed by atoms with E-state index in [1.54, 1.807) is 18.2 Å². The molecule has 1 amide bonds. The third kappa shape index (κ3) is 4.39. The molecule has 0 atom stereocenters.